The van der Waals surface area contributed by atoms with Crippen molar-refractivity contribution >= 4 is 35.8 Å². The summed E-state index contributed by atoms with van der Waals surface area (Å²) in [4.78, 5) is 20.5. The van der Waals surface area contributed by atoms with Crippen molar-refractivity contribution in [3.05, 3.63) is 24.2 Å². The van der Waals surface area contributed by atoms with Crippen LogP contribution in [0.25, 0.3) is 0 Å². The van der Waals surface area contributed by atoms with Crippen LogP contribution in [0.15, 0.2) is 27.8 Å². The minimum absolute atomic E-state index is 0. The van der Waals surface area contributed by atoms with Crippen molar-refractivity contribution in [1.82, 2.24) is 20.4 Å². The van der Waals surface area contributed by atoms with Crippen LogP contribution >= 0.6 is 24.0 Å². The molecule has 3 rings (SSSR count). The molecule has 158 valence electrons. The fourth-order valence-electron chi connectivity index (χ4n) is 3.84. The van der Waals surface area contributed by atoms with E-state index in [9.17, 15) is 4.79 Å². The number of aliphatic imine (C=N–C) groups is 1. The molecule has 1 saturated carbocycles. The molecule has 2 fully saturated rings. The minimum atomic E-state index is 0. The van der Waals surface area contributed by atoms with Gasteiger partial charge in [0.2, 0.25) is 5.91 Å². The summed E-state index contributed by atoms with van der Waals surface area (Å²) in [5, 5.41) is 6.99. The lowest BCUT2D eigenvalue weighted by Gasteiger charge is -2.27. The van der Waals surface area contributed by atoms with E-state index in [1.165, 1.54) is 25.7 Å². The van der Waals surface area contributed by atoms with Crippen LogP contribution in [-0.2, 0) is 4.79 Å². The zero-order chi connectivity index (χ0) is 19.1. The molecular weight excluding hydrogens is 469 g/mol. The lowest BCUT2D eigenvalue weighted by molar-refractivity contribution is -0.127. The van der Waals surface area contributed by atoms with E-state index < -0.39 is 0 Å². The number of nitrogens with zero attached hydrogens (tertiary/aromatic N) is 3. The molecule has 8 heteroatoms. The number of hydrogen-bond donors (Lipinski definition) is 2. The lowest BCUT2D eigenvalue weighted by atomic mass is 10.2. The molecule has 1 amide bonds. The Morgan fingerprint density at radius 2 is 2.00 bits per heavy atom. The second-order valence-electron chi connectivity index (χ2n) is 7.73. The minimum Gasteiger partial charge on any atom is -0.468 e. The zero-order valence-corrected chi connectivity index (χ0v) is 19.4. The topological polar surface area (TPSA) is 73.1 Å². The lowest BCUT2D eigenvalue weighted by Crippen LogP contribution is -2.46. The number of guanidine groups is 1. The molecule has 0 bridgehead atoms. The fraction of sp³-hybridized carbons (Fsp3) is 0.700. The Hall–Kier alpha value is -1.29. The molecule has 0 aromatic carbocycles. The van der Waals surface area contributed by atoms with Crippen molar-refractivity contribution in [1.29, 1.82) is 0 Å². The number of amides is 1. The van der Waals surface area contributed by atoms with Crippen LogP contribution in [0.3, 0.4) is 0 Å². The van der Waals surface area contributed by atoms with Gasteiger partial charge in [0.25, 0.3) is 0 Å². The van der Waals surface area contributed by atoms with Gasteiger partial charge in [0, 0.05) is 26.7 Å². The van der Waals surface area contributed by atoms with Crippen LogP contribution in [0.5, 0.6) is 0 Å². The number of rotatable bonds is 7. The highest BCUT2D eigenvalue weighted by Crippen LogP contribution is 2.25. The molecule has 7 nitrogen and oxygen atoms in total. The first-order chi connectivity index (χ1) is 13.1. The Morgan fingerprint density at radius 3 is 2.61 bits per heavy atom. The second-order valence-corrected chi connectivity index (χ2v) is 7.73. The average Bonchev–Trinajstić information content (AvgIpc) is 3.42. The van der Waals surface area contributed by atoms with Gasteiger partial charge in [-0.3, -0.25) is 9.69 Å². The molecular formula is C20H34IN5O2. The fourth-order valence-corrected chi connectivity index (χ4v) is 3.84. The van der Waals surface area contributed by atoms with E-state index in [1.807, 2.05) is 12.1 Å². The van der Waals surface area contributed by atoms with Crippen molar-refractivity contribution in [2.24, 2.45) is 4.99 Å². The summed E-state index contributed by atoms with van der Waals surface area (Å²) in [5.74, 6) is 1.71. The molecule has 0 radical (unpaired) electrons. The average molecular weight is 503 g/mol. The molecule has 1 saturated heterocycles. The third-order valence-electron chi connectivity index (χ3n) is 5.48. The van der Waals surface area contributed by atoms with Gasteiger partial charge in [0.1, 0.15) is 12.3 Å². The van der Waals surface area contributed by atoms with Crippen LogP contribution in [0.4, 0.5) is 0 Å². The van der Waals surface area contributed by atoms with Crippen LogP contribution < -0.4 is 10.6 Å². The van der Waals surface area contributed by atoms with Gasteiger partial charge in [-0.25, -0.2) is 4.99 Å². The van der Waals surface area contributed by atoms with Crippen LogP contribution in [0.2, 0.25) is 0 Å². The molecule has 1 aliphatic carbocycles. The van der Waals surface area contributed by atoms with Gasteiger partial charge in [-0.2, -0.15) is 0 Å². The quantitative estimate of drug-likeness (QED) is 0.340. The maximum Gasteiger partial charge on any atom is 0.243 e. The molecule has 2 heterocycles. The van der Waals surface area contributed by atoms with E-state index in [1.54, 1.807) is 25.3 Å². The number of carbonyl (C=O) groups excluding carboxylic acids is 1. The van der Waals surface area contributed by atoms with Crippen molar-refractivity contribution in [2.45, 2.75) is 50.6 Å². The molecule has 2 aliphatic rings. The highest BCUT2D eigenvalue weighted by atomic mass is 127. The van der Waals surface area contributed by atoms with Gasteiger partial charge in [-0.15, -0.1) is 24.0 Å². The number of likely N-dealkylation sites (tertiary alicyclic amines) is 1. The van der Waals surface area contributed by atoms with Crippen LogP contribution in [0.1, 0.15) is 50.3 Å². The Bertz CT molecular complexity index is 608. The van der Waals surface area contributed by atoms with E-state index in [-0.39, 0.29) is 42.5 Å². The molecule has 28 heavy (non-hydrogen) atoms. The first-order valence-electron chi connectivity index (χ1n) is 10.2. The summed E-state index contributed by atoms with van der Waals surface area (Å²) in [7, 11) is 3.52. The van der Waals surface area contributed by atoms with Gasteiger partial charge >= 0.3 is 0 Å². The molecule has 1 aromatic rings. The molecule has 1 aliphatic heterocycles. The van der Waals surface area contributed by atoms with Crippen LogP contribution in [-0.4, -0.2) is 68.0 Å². The number of carbonyl (C=O) groups is 1. The Morgan fingerprint density at radius 1 is 1.29 bits per heavy atom. The zero-order valence-electron chi connectivity index (χ0n) is 17.0. The van der Waals surface area contributed by atoms with Gasteiger partial charge in [-0.1, -0.05) is 12.8 Å². The van der Waals surface area contributed by atoms with Crippen molar-refractivity contribution < 1.29 is 9.21 Å². The first-order valence-corrected chi connectivity index (χ1v) is 10.2. The van der Waals surface area contributed by atoms with Crippen molar-refractivity contribution in [2.75, 3.05) is 40.3 Å². The largest absolute Gasteiger partial charge is 0.468 e. The van der Waals surface area contributed by atoms with E-state index in [0.717, 1.165) is 37.7 Å². The van der Waals surface area contributed by atoms with Crippen molar-refractivity contribution in [3.63, 3.8) is 0 Å². The monoisotopic (exact) mass is 503 g/mol. The van der Waals surface area contributed by atoms with Gasteiger partial charge < -0.3 is 20.0 Å². The standard InChI is InChI=1S/C20H33N5O2.HI/c1-24(2)19(26)15-22-20(23-16-8-3-4-9-16)21-14-17(18-10-7-13-27-18)25-11-5-6-12-25;/h7,10,13,16-17H,3-6,8-9,11-12,14-15H2,1-2H3,(H2,21,22,23);1H. The van der Waals surface area contributed by atoms with Gasteiger partial charge in [-0.05, 0) is 50.9 Å². The second kappa shape index (κ2) is 11.6. The van der Waals surface area contributed by atoms with Crippen molar-refractivity contribution in [3.8, 4) is 0 Å². The highest BCUT2D eigenvalue weighted by molar-refractivity contribution is 14.0. The molecule has 1 aromatic heterocycles. The summed E-state index contributed by atoms with van der Waals surface area (Å²) < 4.78 is 5.70. The van der Waals surface area contributed by atoms with E-state index >= 15 is 0 Å². The maximum absolute atomic E-state index is 12.0. The third kappa shape index (κ3) is 6.65. The Kier molecular flexibility index (Phi) is 9.57. The van der Waals surface area contributed by atoms with Crippen LogP contribution in [0, 0.1) is 0 Å². The molecule has 0 spiro atoms. The summed E-state index contributed by atoms with van der Waals surface area (Å²) in [6, 6.07) is 4.61. The summed E-state index contributed by atoms with van der Waals surface area (Å²) in [5.41, 5.74) is 0. The molecule has 1 atom stereocenters. The smallest absolute Gasteiger partial charge is 0.243 e. The predicted octanol–water partition coefficient (Wildman–Crippen LogP) is 2.60. The highest BCUT2D eigenvalue weighted by Gasteiger charge is 2.26. The molecule has 1 unspecified atom stereocenters. The number of likely N-dealkylation sites (N-methyl/N-ethyl adjacent to an activating group) is 1. The summed E-state index contributed by atoms with van der Waals surface area (Å²) in [6.45, 7) is 3.05. The van der Waals surface area contributed by atoms with E-state index in [0.29, 0.717) is 12.6 Å². The number of hydrogen-bond acceptors (Lipinski definition) is 4. The molecule has 2 N–H and O–H groups in total. The van der Waals surface area contributed by atoms with E-state index in [2.05, 4.69) is 20.5 Å². The maximum atomic E-state index is 12.0. The van der Waals surface area contributed by atoms with Gasteiger partial charge in [0.05, 0.1) is 12.3 Å². The first kappa shape index (κ1) is 23.0. The third-order valence-corrected chi connectivity index (χ3v) is 5.48. The summed E-state index contributed by atoms with van der Waals surface area (Å²) >= 11 is 0. The number of halogens is 1. The predicted molar refractivity (Wildman–Crippen MR) is 122 cm³/mol. The van der Waals surface area contributed by atoms with Gasteiger partial charge in [0.15, 0.2) is 5.96 Å². The Labute approximate surface area is 185 Å². The number of nitrogens with one attached hydrogen (secondary N) is 2. The summed E-state index contributed by atoms with van der Waals surface area (Å²) in [6.07, 6.45) is 9.03. The SMILES string of the molecule is CN(C)C(=O)CN=C(NCC(c1ccco1)N1CCCC1)NC1CCCC1.I. The van der Waals surface area contributed by atoms with E-state index in [4.69, 9.17) is 4.42 Å². The normalized spacial score (nSPS) is 19.3. The Balaban J connectivity index is 0.00000280. The number of furan rings is 1.